The molecule has 0 heterocycles. The number of halogens is 5. The number of Topliss-reactive ketones (excluding diaryl/α,β-unsaturated/α-hetero) is 3. The Labute approximate surface area is 263 Å². The summed E-state index contributed by atoms with van der Waals surface area (Å²) in [6.45, 7) is 5.06. The molecule has 4 rings (SSSR count). The molecule has 0 aromatic carbocycles. The van der Waals surface area contributed by atoms with Crippen molar-refractivity contribution >= 4 is 39.4 Å². The first kappa shape index (κ1) is 36.3. The van der Waals surface area contributed by atoms with Crippen molar-refractivity contribution in [3.8, 4) is 0 Å². The average Bonchev–Trinajstić information content (AvgIpc) is 3.29. The molecule has 0 radical (unpaired) electrons. The van der Waals surface area contributed by atoms with Crippen LogP contribution in [0.25, 0.3) is 0 Å². The first-order valence-electron chi connectivity index (χ1n) is 15.4. The van der Waals surface area contributed by atoms with Crippen molar-refractivity contribution < 1.29 is 68.4 Å². The molecular weight excluding hydrogens is 647 g/mol. The van der Waals surface area contributed by atoms with E-state index in [-0.39, 0.29) is 77.5 Å². The Hall–Kier alpha value is -2.49. The number of hydrogen-bond donors (Lipinski definition) is 1. The highest BCUT2D eigenvalue weighted by molar-refractivity contribution is 7.86. The summed E-state index contributed by atoms with van der Waals surface area (Å²) in [6.07, 6.45) is -8.13. The second-order valence-electron chi connectivity index (χ2n) is 13.9. The summed E-state index contributed by atoms with van der Waals surface area (Å²) < 4.78 is 104. The van der Waals surface area contributed by atoms with Crippen molar-refractivity contribution in [2.75, 3.05) is 6.61 Å². The van der Waals surface area contributed by atoms with Gasteiger partial charge in [-0.15, -0.1) is 0 Å². The maximum absolute atomic E-state index is 13.9. The Morgan fingerprint density at radius 2 is 1.63 bits per heavy atom. The van der Waals surface area contributed by atoms with Crippen molar-refractivity contribution in [3.63, 3.8) is 0 Å². The zero-order chi connectivity index (χ0) is 34.6. The summed E-state index contributed by atoms with van der Waals surface area (Å²) in [5.41, 5.74) is -1.04. The Bertz CT molecular complexity index is 1380. The third-order valence-electron chi connectivity index (χ3n) is 11.5. The quantitative estimate of drug-likeness (QED) is 0.191. The summed E-state index contributed by atoms with van der Waals surface area (Å²) in [5.74, 6) is -3.32. The molecule has 260 valence electrons. The second kappa shape index (κ2) is 12.5. The Kier molecular flexibility index (Phi) is 9.89. The molecule has 0 saturated heterocycles. The van der Waals surface area contributed by atoms with Crippen molar-refractivity contribution in [2.45, 2.75) is 103 Å². The topological polar surface area (TPSA) is 158 Å². The lowest BCUT2D eigenvalue weighted by Gasteiger charge is -2.58. The highest BCUT2D eigenvalue weighted by atomic mass is 32.2. The van der Waals surface area contributed by atoms with Crippen LogP contribution in [-0.4, -0.2) is 66.4 Å². The highest BCUT2D eigenvalue weighted by Gasteiger charge is 2.67. The highest BCUT2D eigenvalue weighted by Crippen LogP contribution is 2.66. The lowest BCUT2D eigenvalue weighted by molar-refractivity contribution is -0.259. The number of hydrogen-bond acceptors (Lipinski definition) is 9. The van der Waals surface area contributed by atoms with E-state index in [0.717, 1.165) is 0 Å². The fraction of sp³-hybridized carbons (Fsp3) is 0.833. The van der Waals surface area contributed by atoms with E-state index >= 15 is 0 Å². The summed E-state index contributed by atoms with van der Waals surface area (Å²) in [4.78, 5) is 63.6. The molecule has 4 aliphatic rings. The maximum Gasteiger partial charge on any atom is 0.432 e. The van der Waals surface area contributed by atoms with Crippen LogP contribution in [0.4, 0.5) is 22.0 Å². The first-order valence-corrected chi connectivity index (χ1v) is 16.8. The lowest BCUT2D eigenvalue weighted by atomic mass is 9.44. The van der Waals surface area contributed by atoms with Gasteiger partial charge >= 0.3 is 33.5 Å². The fourth-order valence-electron chi connectivity index (χ4n) is 8.91. The number of alkyl halides is 5. The fourth-order valence-corrected chi connectivity index (χ4v) is 9.36. The smallest absolute Gasteiger partial charge is 0.432 e. The number of carbonyl (C=O) groups is 5. The van der Waals surface area contributed by atoms with Gasteiger partial charge in [0.25, 0.3) is 6.10 Å². The number of rotatable bonds is 10. The van der Waals surface area contributed by atoms with Gasteiger partial charge < -0.3 is 9.47 Å². The van der Waals surface area contributed by atoms with Gasteiger partial charge in [0.1, 0.15) is 24.0 Å². The molecular formula is C30H39F5O10S. The van der Waals surface area contributed by atoms with Crippen LogP contribution in [0.3, 0.4) is 0 Å². The molecule has 0 amide bonds. The van der Waals surface area contributed by atoms with Crippen LogP contribution >= 0.6 is 0 Å². The average molecular weight is 687 g/mol. The van der Waals surface area contributed by atoms with Crippen LogP contribution in [0.5, 0.6) is 0 Å². The van der Waals surface area contributed by atoms with E-state index in [0.29, 0.717) is 38.5 Å². The van der Waals surface area contributed by atoms with E-state index in [1.807, 2.05) is 13.8 Å². The zero-order valence-electron chi connectivity index (χ0n) is 25.7. The normalized spacial score (nSPS) is 34.6. The minimum absolute atomic E-state index is 0.0488. The molecule has 46 heavy (non-hydrogen) atoms. The van der Waals surface area contributed by atoms with E-state index in [1.165, 1.54) is 0 Å². The van der Waals surface area contributed by atoms with Crippen LogP contribution in [0.1, 0.15) is 85.0 Å². The van der Waals surface area contributed by atoms with Gasteiger partial charge in [0, 0.05) is 43.4 Å². The van der Waals surface area contributed by atoms with Crippen molar-refractivity contribution in [2.24, 2.45) is 46.3 Å². The third kappa shape index (κ3) is 6.48. The maximum atomic E-state index is 13.9. The van der Waals surface area contributed by atoms with Crippen LogP contribution in [0, 0.1) is 46.3 Å². The van der Waals surface area contributed by atoms with Crippen molar-refractivity contribution in [3.05, 3.63) is 0 Å². The van der Waals surface area contributed by atoms with Gasteiger partial charge in [-0.05, 0) is 60.7 Å². The van der Waals surface area contributed by atoms with Gasteiger partial charge in [-0.2, -0.15) is 30.4 Å². The van der Waals surface area contributed by atoms with Crippen LogP contribution in [0.2, 0.25) is 0 Å². The largest absolute Gasteiger partial charge is 0.465 e. The molecule has 10 nitrogen and oxygen atoms in total. The van der Waals surface area contributed by atoms with E-state index in [1.54, 1.807) is 0 Å². The number of ketones is 3. The minimum Gasteiger partial charge on any atom is -0.465 e. The predicted molar refractivity (Wildman–Crippen MR) is 147 cm³/mol. The Morgan fingerprint density at radius 1 is 0.978 bits per heavy atom. The summed E-state index contributed by atoms with van der Waals surface area (Å²) in [7, 11) is -6.59. The summed E-state index contributed by atoms with van der Waals surface area (Å²) in [5, 5.41) is -5.87. The van der Waals surface area contributed by atoms with Gasteiger partial charge in [0.2, 0.25) is 0 Å². The molecule has 4 saturated carbocycles. The van der Waals surface area contributed by atoms with Gasteiger partial charge in [-0.25, -0.2) is 0 Å². The van der Waals surface area contributed by atoms with Gasteiger partial charge in [0.15, 0.2) is 0 Å². The van der Waals surface area contributed by atoms with E-state index in [2.05, 4.69) is 11.7 Å². The van der Waals surface area contributed by atoms with E-state index in [4.69, 9.17) is 9.29 Å². The van der Waals surface area contributed by atoms with E-state index in [9.17, 15) is 54.3 Å². The molecule has 9 atom stereocenters. The van der Waals surface area contributed by atoms with Crippen LogP contribution in [-0.2, 0) is 43.6 Å². The molecule has 4 aliphatic carbocycles. The molecule has 0 spiro atoms. The van der Waals surface area contributed by atoms with Crippen molar-refractivity contribution in [1.82, 2.24) is 0 Å². The SMILES string of the molecule is C[C@H](CCC(=O)OCCC(=O)OC(C(F)(F)F)C(F)(F)S(=O)(=O)O)[C@H]1CC[C@H]2[C@@H]3C(=O)C[C@@H]4CC(=O)CC[C@]4(C)[C@H]3CC(=O)[C@]12C. The molecule has 1 unspecified atom stereocenters. The number of fused-ring (bicyclic) bond motifs is 5. The minimum atomic E-state index is -6.59. The van der Waals surface area contributed by atoms with Crippen LogP contribution in [0.15, 0.2) is 0 Å². The van der Waals surface area contributed by atoms with Gasteiger partial charge in [-0.1, -0.05) is 20.8 Å². The number of carbonyl (C=O) groups excluding carboxylic acids is 5. The molecule has 4 fully saturated rings. The molecule has 0 aliphatic heterocycles. The number of esters is 2. The first-order chi connectivity index (χ1) is 21.0. The second-order valence-corrected chi connectivity index (χ2v) is 15.4. The zero-order valence-corrected chi connectivity index (χ0v) is 26.6. The van der Waals surface area contributed by atoms with Gasteiger partial charge in [-0.3, -0.25) is 28.5 Å². The summed E-state index contributed by atoms with van der Waals surface area (Å²) >= 11 is 0. The molecule has 16 heteroatoms. The molecule has 1 N–H and O–H groups in total. The van der Waals surface area contributed by atoms with E-state index < -0.39 is 58.0 Å². The monoisotopic (exact) mass is 686 g/mol. The number of ether oxygens (including phenoxy) is 2. The predicted octanol–water partition coefficient (Wildman–Crippen LogP) is 4.88. The Morgan fingerprint density at radius 3 is 2.24 bits per heavy atom. The molecule has 0 aromatic heterocycles. The van der Waals surface area contributed by atoms with Gasteiger partial charge in [0.05, 0.1) is 6.42 Å². The molecule has 0 bridgehead atoms. The molecule has 0 aromatic rings. The summed E-state index contributed by atoms with van der Waals surface area (Å²) in [6, 6.07) is 0. The third-order valence-corrected chi connectivity index (χ3v) is 12.4. The van der Waals surface area contributed by atoms with Crippen molar-refractivity contribution in [1.29, 1.82) is 0 Å². The standard InChI is InChI=1S/C30H39F5O10S/c1-15(4-7-23(39)44-11-9-24(40)45-26(29(31,32)33)30(34,35)46(41,42)43)18-5-6-19-25-20(14-22(38)28(18,19)3)27(2)10-8-17(36)12-16(27)13-21(25)37/h15-16,18-20,25-26H,4-14H2,1-3H3,(H,41,42,43)/t15-,16+,18-,19+,20+,25+,26?,27+,28-/m1/s1. The van der Waals surface area contributed by atoms with Crippen LogP contribution < -0.4 is 0 Å². The lowest BCUT2D eigenvalue weighted by Crippen LogP contribution is -2.60. The Balaban J connectivity index is 1.31.